The van der Waals surface area contributed by atoms with E-state index >= 15 is 0 Å². The van der Waals surface area contributed by atoms with Crippen LogP contribution in [0.2, 0.25) is 5.02 Å². The third-order valence-electron chi connectivity index (χ3n) is 4.09. The molecule has 1 aromatic carbocycles. The Kier molecular flexibility index (Phi) is 3.97. The van der Waals surface area contributed by atoms with Gasteiger partial charge in [-0.05, 0) is 25.0 Å². The molecule has 3 rings (SSSR count). The molecular weight excluding hydrogens is 335 g/mol. The lowest BCUT2D eigenvalue weighted by molar-refractivity contribution is -0.168. The Bertz CT molecular complexity index is 652. The van der Waals surface area contributed by atoms with Crippen LogP contribution in [0.1, 0.15) is 12.8 Å². The number of piperidine rings is 1. The summed E-state index contributed by atoms with van der Waals surface area (Å²) in [7, 11) is 0. The van der Waals surface area contributed by atoms with Crippen LogP contribution in [-0.4, -0.2) is 30.3 Å². The number of carbonyl (C=O) groups excluding carboxylic acids is 2. The van der Waals surface area contributed by atoms with E-state index < -0.39 is 36.2 Å². The van der Waals surface area contributed by atoms with Crippen LogP contribution in [0, 0.1) is 5.92 Å². The third kappa shape index (κ3) is 2.88. The van der Waals surface area contributed by atoms with Crippen LogP contribution >= 0.6 is 11.6 Å². The Morgan fingerprint density at radius 1 is 1.17 bits per heavy atom. The lowest BCUT2D eigenvalue weighted by atomic mass is 9.88. The van der Waals surface area contributed by atoms with Crippen molar-refractivity contribution in [1.29, 1.82) is 0 Å². The highest BCUT2D eigenvalue weighted by Gasteiger charge is 2.51. The molecule has 1 aromatic rings. The van der Waals surface area contributed by atoms with Crippen molar-refractivity contribution in [3.63, 3.8) is 0 Å². The standard InChI is InChI=1S/C14H13ClF3N3O2/c15-8-3-1-2-4-9(8)21-11-7(12(22)20-13(21)23)5-6-10(19-11)14(16,17)18/h1-4,7,10-11,19H,5-6H2,(H,20,22,23). The minimum absolute atomic E-state index is 0.0297. The highest BCUT2D eigenvalue weighted by Crippen LogP contribution is 2.36. The number of urea groups is 1. The fourth-order valence-electron chi connectivity index (χ4n) is 2.99. The molecule has 2 fully saturated rings. The van der Waals surface area contributed by atoms with Crippen molar-refractivity contribution in [2.24, 2.45) is 5.92 Å². The molecule has 9 heteroatoms. The van der Waals surface area contributed by atoms with Gasteiger partial charge in [-0.1, -0.05) is 23.7 Å². The predicted octanol–water partition coefficient (Wildman–Crippen LogP) is 2.65. The normalized spacial score (nSPS) is 28.3. The van der Waals surface area contributed by atoms with Gasteiger partial charge in [-0.15, -0.1) is 0 Å². The molecule has 0 saturated carbocycles. The highest BCUT2D eigenvalue weighted by atomic mass is 35.5. The second kappa shape index (κ2) is 5.68. The molecule has 2 saturated heterocycles. The van der Waals surface area contributed by atoms with Gasteiger partial charge in [-0.2, -0.15) is 13.2 Å². The molecular formula is C14H13ClF3N3O2. The Balaban J connectivity index is 1.98. The molecule has 0 aliphatic carbocycles. The van der Waals surface area contributed by atoms with Crippen molar-refractivity contribution in [1.82, 2.24) is 10.6 Å². The molecule has 0 bridgehead atoms. The average Bonchev–Trinajstić information content (AvgIpc) is 2.47. The molecule has 2 aliphatic heterocycles. The van der Waals surface area contributed by atoms with E-state index in [4.69, 9.17) is 11.6 Å². The first-order valence-electron chi connectivity index (χ1n) is 7.00. The van der Waals surface area contributed by atoms with E-state index in [1.54, 1.807) is 12.1 Å². The number of hydrogen-bond acceptors (Lipinski definition) is 3. The summed E-state index contributed by atoms with van der Waals surface area (Å²) in [6, 6.07) is 3.74. The number of imide groups is 1. The molecule has 2 N–H and O–H groups in total. The molecule has 0 spiro atoms. The fourth-order valence-corrected chi connectivity index (χ4v) is 3.21. The number of fused-ring (bicyclic) bond motifs is 1. The largest absolute Gasteiger partial charge is 0.403 e. The van der Waals surface area contributed by atoms with Gasteiger partial charge in [-0.25, -0.2) is 4.79 Å². The Labute approximate surface area is 134 Å². The van der Waals surface area contributed by atoms with Crippen LogP contribution in [0.15, 0.2) is 24.3 Å². The fraction of sp³-hybridized carbons (Fsp3) is 0.429. The maximum atomic E-state index is 13.0. The van der Waals surface area contributed by atoms with E-state index in [9.17, 15) is 22.8 Å². The van der Waals surface area contributed by atoms with Crippen LogP contribution in [0.25, 0.3) is 0 Å². The molecule has 124 valence electrons. The Morgan fingerprint density at radius 3 is 2.52 bits per heavy atom. The zero-order valence-electron chi connectivity index (χ0n) is 11.7. The predicted molar refractivity (Wildman–Crippen MR) is 77.0 cm³/mol. The van der Waals surface area contributed by atoms with Gasteiger partial charge in [0.2, 0.25) is 5.91 Å². The number of benzene rings is 1. The first-order chi connectivity index (χ1) is 10.8. The summed E-state index contributed by atoms with van der Waals surface area (Å²) in [5.41, 5.74) is 0.254. The number of nitrogens with zero attached hydrogens (tertiary/aromatic N) is 1. The van der Waals surface area contributed by atoms with Gasteiger partial charge in [0.05, 0.1) is 16.6 Å². The van der Waals surface area contributed by atoms with Gasteiger partial charge in [0, 0.05) is 0 Å². The zero-order chi connectivity index (χ0) is 16.8. The molecule has 2 heterocycles. The van der Waals surface area contributed by atoms with E-state index in [1.807, 2.05) is 0 Å². The second-order valence-electron chi connectivity index (χ2n) is 5.51. The summed E-state index contributed by atoms with van der Waals surface area (Å²) in [5, 5.41) is 4.78. The van der Waals surface area contributed by atoms with Crippen molar-refractivity contribution >= 4 is 29.2 Å². The van der Waals surface area contributed by atoms with Gasteiger partial charge in [0.1, 0.15) is 12.2 Å². The van der Waals surface area contributed by atoms with Crippen molar-refractivity contribution in [3.8, 4) is 0 Å². The van der Waals surface area contributed by atoms with Crippen LogP contribution in [0.5, 0.6) is 0 Å². The zero-order valence-corrected chi connectivity index (χ0v) is 12.5. The summed E-state index contributed by atoms with van der Waals surface area (Å²) in [6.07, 6.45) is -5.73. The Hall–Kier alpha value is -1.80. The number of amides is 3. The first kappa shape index (κ1) is 16.1. The number of carbonyl (C=O) groups is 2. The number of alkyl halides is 3. The van der Waals surface area contributed by atoms with Crippen LogP contribution in [0.3, 0.4) is 0 Å². The average molecular weight is 348 g/mol. The van der Waals surface area contributed by atoms with E-state index in [1.165, 1.54) is 12.1 Å². The van der Waals surface area contributed by atoms with Gasteiger partial charge < -0.3 is 0 Å². The number of nitrogens with one attached hydrogen (secondary N) is 2. The molecule has 0 radical (unpaired) electrons. The summed E-state index contributed by atoms with van der Waals surface area (Å²) < 4.78 is 39.0. The Morgan fingerprint density at radius 2 is 1.87 bits per heavy atom. The molecule has 23 heavy (non-hydrogen) atoms. The summed E-state index contributed by atoms with van der Waals surface area (Å²) >= 11 is 6.06. The van der Waals surface area contributed by atoms with Crippen LogP contribution in [0.4, 0.5) is 23.7 Å². The van der Waals surface area contributed by atoms with E-state index in [0.29, 0.717) is 0 Å². The molecule has 3 amide bonds. The van der Waals surface area contributed by atoms with Crippen molar-refractivity contribution in [3.05, 3.63) is 29.3 Å². The van der Waals surface area contributed by atoms with Crippen molar-refractivity contribution in [2.45, 2.75) is 31.2 Å². The number of hydrogen-bond donors (Lipinski definition) is 2. The van der Waals surface area contributed by atoms with E-state index in [0.717, 1.165) is 4.90 Å². The number of para-hydroxylation sites is 1. The molecule has 3 unspecified atom stereocenters. The SMILES string of the molecule is O=C1NC(=O)N(c2ccccc2Cl)C2NC(C(F)(F)F)CCC12. The number of halogens is 4. The highest BCUT2D eigenvalue weighted by molar-refractivity contribution is 6.34. The van der Waals surface area contributed by atoms with E-state index in [-0.39, 0.29) is 23.6 Å². The molecule has 2 aliphatic rings. The quantitative estimate of drug-likeness (QED) is 0.821. The van der Waals surface area contributed by atoms with Gasteiger partial charge in [0.15, 0.2) is 0 Å². The smallest absolute Gasteiger partial charge is 0.285 e. The van der Waals surface area contributed by atoms with Gasteiger partial charge in [-0.3, -0.25) is 20.3 Å². The minimum Gasteiger partial charge on any atom is -0.285 e. The van der Waals surface area contributed by atoms with Crippen molar-refractivity contribution in [2.75, 3.05) is 4.90 Å². The number of rotatable bonds is 1. The maximum absolute atomic E-state index is 13.0. The maximum Gasteiger partial charge on any atom is 0.403 e. The van der Waals surface area contributed by atoms with Gasteiger partial charge in [0.25, 0.3) is 0 Å². The van der Waals surface area contributed by atoms with Crippen molar-refractivity contribution < 1.29 is 22.8 Å². The summed E-state index contributed by atoms with van der Waals surface area (Å²) in [5.74, 6) is -1.33. The molecule has 5 nitrogen and oxygen atoms in total. The lowest BCUT2D eigenvalue weighted by Crippen LogP contribution is -2.70. The van der Waals surface area contributed by atoms with Crippen LogP contribution in [-0.2, 0) is 4.79 Å². The minimum atomic E-state index is -4.45. The third-order valence-corrected chi connectivity index (χ3v) is 4.41. The van der Waals surface area contributed by atoms with E-state index in [2.05, 4.69) is 10.6 Å². The monoisotopic (exact) mass is 347 g/mol. The first-order valence-corrected chi connectivity index (χ1v) is 7.38. The topological polar surface area (TPSA) is 61.4 Å². The summed E-state index contributed by atoms with van der Waals surface area (Å²) in [4.78, 5) is 25.2. The number of anilines is 1. The van der Waals surface area contributed by atoms with Crippen LogP contribution < -0.4 is 15.5 Å². The molecule has 3 atom stereocenters. The summed E-state index contributed by atoms with van der Waals surface area (Å²) in [6.45, 7) is 0. The second-order valence-corrected chi connectivity index (χ2v) is 5.91. The lowest BCUT2D eigenvalue weighted by Gasteiger charge is -2.46. The molecule has 0 aromatic heterocycles. The van der Waals surface area contributed by atoms with Gasteiger partial charge >= 0.3 is 12.2 Å².